The van der Waals surface area contributed by atoms with Gasteiger partial charge >= 0.3 is 5.97 Å². The normalized spacial score (nSPS) is 14.3. The molecule has 0 bridgehead atoms. The molecule has 0 unspecified atom stereocenters. The number of carbonyl (C=O) groups is 4. The molecule has 0 aliphatic heterocycles. The van der Waals surface area contributed by atoms with Gasteiger partial charge in [0.2, 0.25) is 17.7 Å². The smallest absolute Gasteiger partial charge is 0.326 e. The van der Waals surface area contributed by atoms with E-state index in [9.17, 15) is 24.3 Å². The molecule has 0 rings (SSSR count). The molecule has 37 heavy (non-hydrogen) atoms. The van der Waals surface area contributed by atoms with Crippen molar-refractivity contribution in [1.82, 2.24) is 16.0 Å². The molecule has 216 valence electrons. The summed E-state index contributed by atoms with van der Waals surface area (Å²) < 4.78 is 0. The maximum absolute atomic E-state index is 13.2. The highest BCUT2D eigenvalue weighted by atomic mass is 16.4. The molecule has 0 radical (unpaired) electrons. The van der Waals surface area contributed by atoms with Gasteiger partial charge in [-0.25, -0.2) is 4.79 Å². The molecule has 3 amide bonds. The van der Waals surface area contributed by atoms with E-state index in [1.165, 1.54) is 0 Å². The second-order valence-corrected chi connectivity index (χ2v) is 9.27. The predicted molar refractivity (Wildman–Crippen MR) is 143 cm³/mol. The topological polar surface area (TPSA) is 255 Å². The van der Waals surface area contributed by atoms with E-state index in [4.69, 9.17) is 28.7 Å². The van der Waals surface area contributed by atoms with E-state index < -0.39 is 47.9 Å². The molecule has 0 aromatic carbocycles. The lowest BCUT2D eigenvalue weighted by molar-refractivity contribution is -0.142. The Hall–Kier alpha value is -2.32. The third kappa shape index (κ3) is 16.2. The third-order valence-electron chi connectivity index (χ3n) is 6.03. The number of nitrogens with two attached hydrogens (primary N) is 5. The van der Waals surface area contributed by atoms with Crippen molar-refractivity contribution < 1.29 is 24.3 Å². The molecule has 0 fully saturated rings. The summed E-state index contributed by atoms with van der Waals surface area (Å²) in [6, 6.07) is -3.78. The first kappa shape index (κ1) is 34.7. The first-order valence-corrected chi connectivity index (χ1v) is 13.4. The maximum atomic E-state index is 13.2. The molecule has 0 aliphatic carbocycles. The maximum Gasteiger partial charge on any atom is 0.326 e. The van der Waals surface area contributed by atoms with Gasteiger partial charge in [0.15, 0.2) is 0 Å². The van der Waals surface area contributed by atoms with E-state index in [-0.39, 0.29) is 12.8 Å². The largest absolute Gasteiger partial charge is 0.480 e. The lowest BCUT2D eigenvalue weighted by Crippen LogP contribution is -2.57. The van der Waals surface area contributed by atoms with Crippen LogP contribution in [0.1, 0.15) is 77.0 Å². The van der Waals surface area contributed by atoms with Crippen LogP contribution in [0.2, 0.25) is 0 Å². The second kappa shape index (κ2) is 21.7. The van der Waals surface area contributed by atoms with Crippen molar-refractivity contribution in [2.45, 2.75) is 101 Å². The summed E-state index contributed by atoms with van der Waals surface area (Å²) >= 11 is 0. The van der Waals surface area contributed by atoms with Gasteiger partial charge in [0.05, 0.1) is 6.04 Å². The fraction of sp³-hybridized carbons (Fsp3) is 0.833. The Kier molecular flexibility index (Phi) is 20.4. The summed E-state index contributed by atoms with van der Waals surface area (Å²) in [5.74, 6) is -2.76. The number of unbranched alkanes of at least 4 members (excludes halogenated alkanes) is 4. The molecule has 4 atom stereocenters. The van der Waals surface area contributed by atoms with Gasteiger partial charge in [-0.3, -0.25) is 14.4 Å². The number of carboxylic acids is 1. The van der Waals surface area contributed by atoms with Gasteiger partial charge in [-0.2, -0.15) is 0 Å². The number of carboxylic acid groups (broad SMARTS) is 1. The second-order valence-electron chi connectivity index (χ2n) is 9.27. The number of carbonyl (C=O) groups excluding carboxylic acids is 3. The highest BCUT2D eigenvalue weighted by molar-refractivity contribution is 5.94. The molecule has 0 aromatic heterocycles. The van der Waals surface area contributed by atoms with Crippen molar-refractivity contribution >= 4 is 23.7 Å². The predicted octanol–water partition coefficient (Wildman–Crippen LogP) is -1.63. The van der Waals surface area contributed by atoms with E-state index in [2.05, 4.69) is 16.0 Å². The SMILES string of the molecule is NCCCC[C@H](NC(=O)[C@@H](CCCCN)NC(=O)[C@@H](N)CCCCN)C(=O)N[C@H](CCCCN)C(=O)O. The summed E-state index contributed by atoms with van der Waals surface area (Å²) in [6.45, 7) is 1.78. The van der Waals surface area contributed by atoms with Crippen LogP contribution in [0.3, 0.4) is 0 Å². The van der Waals surface area contributed by atoms with E-state index in [1.807, 2.05) is 0 Å². The highest BCUT2D eigenvalue weighted by Gasteiger charge is 2.29. The number of nitrogens with one attached hydrogen (secondary N) is 3. The Bertz CT molecular complexity index is 667. The minimum Gasteiger partial charge on any atom is -0.480 e. The lowest BCUT2D eigenvalue weighted by atomic mass is 10.0. The molecule has 0 spiro atoms. The van der Waals surface area contributed by atoms with E-state index >= 15 is 0 Å². The molecule has 13 nitrogen and oxygen atoms in total. The van der Waals surface area contributed by atoms with Crippen LogP contribution >= 0.6 is 0 Å². The Morgan fingerprint density at radius 3 is 1.22 bits per heavy atom. The van der Waals surface area contributed by atoms with Crippen molar-refractivity contribution in [1.29, 1.82) is 0 Å². The molecular formula is C24H50N8O5. The van der Waals surface area contributed by atoms with Gasteiger partial charge in [0.1, 0.15) is 18.1 Å². The first-order chi connectivity index (χ1) is 17.7. The van der Waals surface area contributed by atoms with Gasteiger partial charge in [-0.05, 0) is 96.8 Å². The zero-order valence-corrected chi connectivity index (χ0v) is 22.1. The van der Waals surface area contributed by atoms with E-state index in [0.29, 0.717) is 84.0 Å². The molecule has 14 N–H and O–H groups in total. The van der Waals surface area contributed by atoms with E-state index in [1.54, 1.807) is 0 Å². The Morgan fingerprint density at radius 2 is 0.838 bits per heavy atom. The van der Waals surface area contributed by atoms with Gasteiger partial charge in [0, 0.05) is 0 Å². The van der Waals surface area contributed by atoms with Crippen LogP contribution in [0.4, 0.5) is 0 Å². The van der Waals surface area contributed by atoms with Crippen LogP contribution in [0.25, 0.3) is 0 Å². The zero-order valence-electron chi connectivity index (χ0n) is 22.1. The van der Waals surface area contributed by atoms with Crippen LogP contribution in [0.15, 0.2) is 0 Å². The van der Waals surface area contributed by atoms with E-state index in [0.717, 1.165) is 6.42 Å². The quantitative estimate of drug-likeness (QED) is 0.0681. The molecule has 0 aromatic rings. The fourth-order valence-corrected chi connectivity index (χ4v) is 3.74. The van der Waals surface area contributed by atoms with Crippen molar-refractivity contribution in [2.75, 3.05) is 26.2 Å². The van der Waals surface area contributed by atoms with Crippen molar-refractivity contribution in [3.05, 3.63) is 0 Å². The number of rotatable bonds is 23. The first-order valence-electron chi connectivity index (χ1n) is 13.4. The number of hydrogen-bond donors (Lipinski definition) is 9. The summed E-state index contributed by atoms with van der Waals surface area (Å²) in [5.41, 5.74) is 28.1. The van der Waals surface area contributed by atoms with Crippen LogP contribution in [0.5, 0.6) is 0 Å². The Balaban J connectivity index is 5.43. The van der Waals surface area contributed by atoms with Crippen LogP contribution in [-0.4, -0.2) is 79.1 Å². The lowest BCUT2D eigenvalue weighted by Gasteiger charge is -2.25. The summed E-state index contributed by atoms with van der Waals surface area (Å²) in [4.78, 5) is 50.4. The molecule has 0 aliphatic rings. The molecule has 0 saturated heterocycles. The number of hydrogen-bond acceptors (Lipinski definition) is 9. The van der Waals surface area contributed by atoms with Gasteiger partial charge in [-0.15, -0.1) is 0 Å². The van der Waals surface area contributed by atoms with Gasteiger partial charge < -0.3 is 49.7 Å². The standard InChI is InChI=1S/C24H50N8O5/c25-13-5-1-9-17(29)21(33)30-18(10-2-6-14-26)22(34)31-19(11-3-7-15-27)23(35)32-20(24(36)37)12-4-8-16-28/h17-20H,1-16,25-29H2,(H,30,33)(H,31,34)(H,32,35)(H,36,37)/t17-,18+,19-,20+/m0/s1. The number of aliphatic carboxylic acids is 1. The van der Waals surface area contributed by atoms with Crippen LogP contribution < -0.4 is 44.6 Å². The molecule has 13 heteroatoms. The summed E-state index contributed by atoms with van der Waals surface area (Å²) in [7, 11) is 0. The summed E-state index contributed by atoms with van der Waals surface area (Å²) in [5, 5.41) is 17.4. The summed E-state index contributed by atoms with van der Waals surface area (Å²) in [6.07, 6.45) is 6.28. The third-order valence-corrected chi connectivity index (χ3v) is 6.03. The van der Waals surface area contributed by atoms with Gasteiger partial charge in [-0.1, -0.05) is 6.42 Å². The Labute approximate surface area is 220 Å². The van der Waals surface area contributed by atoms with Crippen LogP contribution in [0, 0.1) is 0 Å². The fourth-order valence-electron chi connectivity index (χ4n) is 3.74. The average Bonchev–Trinajstić information content (AvgIpc) is 2.86. The number of amides is 3. The minimum absolute atomic E-state index is 0.224. The zero-order chi connectivity index (χ0) is 28.1. The molecule has 0 saturated carbocycles. The molecule has 0 heterocycles. The van der Waals surface area contributed by atoms with Crippen LogP contribution in [-0.2, 0) is 19.2 Å². The molecular weight excluding hydrogens is 480 g/mol. The Morgan fingerprint density at radius 1 is 0.514 bits per heavy atom. The monoisotopic (exact) mass is 530 g/mol. The van der Waals surface area contributed by atoms with Crippen molar-refractivity contribution in [3.8, 4) is 0 Å². The van der Waals surface area contributed by atoms with Crippen molar-refractivity contribution in [3.63, 3.8) is 0 Å². The highest BCUT2D eigenvalue weighted by Crippen LogP contribution is 2.08. The van der Waals surface area contributed by atoms with Gasteiger partial charge in [0.25, 0.3) is 0 Å². The average molecular weight is 531 g/mol. The van der Waals surface area contributed by atoms with Crippen molar-refractivity contribution in [2.24, 2.45) is 28.7 Å². The minimum atomic E-state index is -1.16.